The van der Waals surface area contributed by atoms with E-state index in [-0.39, 0.29) is 24.7 Å². The number of anilines is 1. The summed E-state index contributed by atoms with van der Waals surface area (Å²) in [6.45, 7) is 3.94. The van der Waals surface area contributed by atoms with E-state index in [0.29, 0.717) is 23.5 Å². The molecule has 1 aliphatic heterocycles. The third-order valence-corrected chi connectivity index (χ3v) is 2.78. The molecule has 1 aliphatic rings. The normalized spacial score (nSPS) is 13.2. The summed E-state index contributed by atoms with van der Waals surface area (Å²) < 4.78 is 5.31. The van der Waals surface area contributed by atoms with Crippen molar-refractivity contribution >= 4 is 17.4 Å². The first-order valence-corrected chi connectivity index (χ1v) is 5.75. The summed E-state index contributed by atoms with van der Waals surface area (Å²) in [6.07, 6.45) is 1.42. The quantitative estimate of drug-likeness (QED) is 0.607. The van der Waals surface area contributed by atoms with E-state index in [9.17, 15) is 9.59 Å². The number of hydrogen-bond donors (Lipinski definition) is 0. The highest BCUT2D eigenvalue weighted by Crippen LogP contribution is 2.33. The molecule has 19 heavy (non-hydrogen) atoms. The van der Waals surface area contributed by atoms with Crippen LogP contribution in [-0.2, 0) is 4.79 Å². The molecule has 0 N–H and O–H groups in total. The van der Waals surface area contributed by atoms with E-state index in [2.05, 4.69) is 6.58 Å². The zero-order valence-electron chi connectivity index (χ0n) is 10.3. The van der Waals surface area contributed by atoms with Gasteiger partial charge in [-0.05, 0) is 18.2 Å². The van der Waals surface area contributed by atoms with Gasteiger partial charge in [0.05, 0.1) is 18.2 Å². The van der Waals surface area contributed by atoms with Crippen molar-refractivity contribution in [3.8, 4) is 11.8 Å². The van der Waals surface area contributed by atoms with E-state index < -0.39 is 0 Å². The SMILES string of the molecule is C=CCN1C(=O)COc2ccc(C(=O)CC#N)cc21. The van der Waals surface area contributed by atoms with E-state index in [1.165, 1.54) is 4.90 Å². The Labute approximate surface area is 110 Å². The molecule has 5 nitrogen and oxygen atoms in total. The Morgan fingerprint density at radius 2 is 2.37 bits per heavy atom. The average Bonchev–Trinajstić information content (AvgIpc) is 2.42. The van der Waals surface area contributed by atoms with E-state index in [0.717, 1.165) is 0 Å². The van der Waals surface area contributed by atoms with Crippen LogP contribution in [0.1, 0.15) is 16.8 Å². The van der Waals surface area contributed by atoms with Crippen molar-refractivity contribution in [2.75, 3.05) is 18.1 Å². The van der Waals surface area contributed by atoms with Crippen LogP contribution in [0.4, 0.5) is 5.69 Å². The van der Waals surface area contributed by atoms with Crippen molar-refractivity contribution in [2.45, 2.75) is 6.42 Å². The standard InChI is InChI=1S/C14H12N2O3/c1-2-7-16-11-8-10(12(17)5-6-15)3-4-13(11)19-9-14(16)18/h2-4,8H,1,5,7,9H2. The number of benzene rings is 1. The molecule has 0 atom stereocenters. The molecule has 1 aromatic rings. The van der Waals surface area contributed by atoms with Gasteiger partial charge in [-0.15, -0.1) is 6.58 Å². The molecular weight excluding hydrogens is 244 g/mol. The van der Waals surface area contributed by atoms with Gasteiger partial charge in [0.2, 0.25) is 0 Å². The molecular formula is C14H12N2O3. The van der Waals surface area contributed by atoms with Gasteiger partial charge in [0.15, 0.2) is 12.4 Å². The van der Waals surface area contributed by atoms with Crippen molar-refractivity contribution in [2.24, 2.45) is 0 Å². The third kappa shape index (κ3) is 2.47. The Balaban J connectivity index is 2.41. The Morgan fingerprint density at radius 1 is 1.58 bits per heavy atom. The maximum Gasteiger partial charge on any atom is 0.265 e. The lowest BCUT2D eigenvalue weighted by Gasteiger charge is -2.28. The van der Waals surface area contributed by atoms with Crippen molar-refractivity contribution in [1.29, 1.82) is 5.26 Å². The molecule has 5 heteroatoms. The lowest BCUT2D eigenvalue weighted by Crippen LogP contribution is -2.38. The largest absolute Gasteiger partial charge is 0.482 e. The zero-order valence-corrected chi connectivity index (χ0v) is 10.3. The summed E-state index contributed by atoms with van der Waals surface area (Å²) >= 11 is 0. The zero-order chi connectivity index (χ0) is 13.8. The average molecular weight is 256 g/mol. The van der Waals surface area contributed by atoms with Crippen LogP contribution in [0.5, 0.6) is 5.75 Å². The molecule has 0 aromatic heterocycles. The first-order chi connectivity index (χ1) is 9.17. The monoisotopic (exact) mass is 256 g/mol. The highest BCUT2D eigenvalue weighted by Gasteiger charge is 2.25. The lowest BCUT2D eigenvalue weighted by molar-refractivity contribution is -0.121. The number of amides is 1. The van der Waals surface area contributed by atoms with Gasteiger partial charge < -0.3 is 9.64 Å². The van der Waals surface area contributed by atoms with Gasteiger partial charge in [0, 0.05) is 12.1 Å². The molecule has 1 amide bonds. The van der Waals surface area contributed by atoms with Gasteiger partial charge >= 0.3 is 0 Å². The van der Waals surface area contributed by atoms with Crippen LogP contribution >= 0.6 is 0 Å². The van der Waals surface area contributed by atoms with Gasteiger partial charge in [0.25, 0.3) is 5.91 Å². The topological polar surface area (TPSA) is 70.4 Å². The fourth-order valence-corrected chi connectivity index (χ4v) is 1.88. The molecule has 0 aliphatic carbocycles. The van der Waals surface area contributed by atoms with E-state index in [4.69, 9.17) is 10.00 Å². The molecule has 0 spiro atoms. The van der Waals surface area contributed by atoms with Crippen molar-refractivity contribution < 1.29 is 14.3 Å². The number of carbonyl (C=O) groups excluding carboxylic acids is 2. The highest BCUT2D eigenvalue weighted by molar-refractivity contribution is 6.02. The predicted octanol–water partition coefficient (Wildman–Crippen LogP) is 1.69. The molecule has 0 bridgehead atoms. The van der Waals surface area contributed by atoms with Crippen molar-refractivity contribution in [1.82, 2.24) is 0 Å². The minimum Gasteiger partial charge on any atom is -0.482 e. The molecule has 96 valence electrons. The molecule has 2 rings (SSSR count). The lowest BCUT2D eigenvalue weighted by atomic mass is 10.1. The number of nitrogens with zero attached hydrogens (tertiary/aromatic N) is 2. The Kier molecular flexibility index (Phi) is 3.62. The predicted molar refractivity (Wildman–Crippen MR) is 69.0 cm³/mol. The summed E-state index contributed by atoms with van der Waals surface area (Å²) in [7, 11) is 0. The van der Waals surface area contributed by atoms with Gasteiger partial charge in [-0.25, -0.2) is 0 Å². The van der Waals surface area contributed by atoms with Crippen LogP contribution in [0.2, 0.25) is 0 Å². The van der Waals surface area contributed by atoms with Crippen molar-refractivity contribution in [3.05, 3.63) is 36.4 Å². The summed E-state index contributed by atoms with van der Waals surface area (Å²) in [5, 5.41) is 8.54. The number of ether oxygens (including phenoxy) is 1. The summed E-state index contributed by atoms with van der Waals surface area (Å²) in [4.78, 5) is 25.0. The smallest absolute Gasteiger partial charge is 0.265 e. The number of rotatable bonds is 4. The Bertz CT molecular complexity index is 587. The van der Waals surface area contributed by atoms with Crippen LogP contribution in [0.15, 0.2) is 30.9 Å². The summed E-state index contributed by atoms with van der Waals surface area (Å²) in [5.74, 6) is 0.0918. The molecule has 0 radical (unpaired) electrons. The number of carbonyl (C=O) groups is 2. The van der Waals surface area contributed by atoms with Gasteiger partial charge in [-0.2, -0.15) is 5.26 Å². The maximum absolute atomic E-state index is 11.8. The molecule has 1 heterocycles. The third-order valence-electron chi connectivity index (χ3n) is 2.78. The summed E-state index contributed by atoms with van der Waals surface area (Å²) in [6, 6.07) is 6.63. The van der Waals surface area contributed by atoms with Crippen LogP contribution in [0.3, 0.4) is 0 Å². The van der Waals surface area contributed by atoms with E-state index >= 15 is 0 Å². The van der Waals surface area contributed by atoms with E-state index in [1.807, 2.05) is 6.07 Å². The first-order valence-electron chi connectivity index (χ1n) is 5.75. The molecule has 0 saturated heterocycles. The van der Waals surface area contributed by atoms with Crippen molar-refractivity contribution in [3.63, 3.8) is 0 Å². The van der Waals surface area contributed by atoms with Crippen LogP contribution < -0.4 is 9.64 Å². The molecule has 0 fully saturated rings. The number of fused-ring (bicyclic) bond motifs is 1. The number of nitriles is 1. The summed E-state index contributed by atoms with van der Waals surface area (Å²) in [5.41, 5.74) is 0.938. The number of hydrogen-bond acceptors (Lipinski definition) is 4. The highest BCUT2D eigenvalue weighted by atomic mass is 16.5. The second-order valence-corrected chi connectivity index (χ2v) is 4.02. The minimum absolute atomic E-state index is 0.0215. The van der Waals surface area contributed by atoms with Gasteiger partial charge in [-0.1, -0.05) is 6.08 Å². The van der Waals surface area contributed by atoms with Crippen LogP contribution in [0.25, 0.3) is 0 Å². The first kappa shape index (κ1) is 12.8. The number of Topliss-reactive ketones (excluding diaryl/α,β-unsaturated/α-hetero) is 1. The van der Waals surface area contributed by atoms with Crippen LogP contribution in [-0.4, -0.2) is 24.8 Å². The fourth-order valence-electron chi connectivity index (χ4n) is 1.88. The molecule has 0 saturated carbocycles. The Hall–Kier alpha value is -2.61. The second-order valence-electron chi connectivity index (χ2n) is 4.02. The second kappa shape index (κ2) is 5.36. The fraction of sp³-hybridized carbons (Fsp3) is 0.214. The maximum atomic E-state index is 11.8. The molecule has 1 aromatic carbocycles. The molecule has 0 unspecified atom stereocenters. The van der Waals surface area contributed by atoms with E-state index in [1.54, 1.807) is 24.3 Å². The van der Waals surface area contributed by atoms with Crippen LogP contribution in [0, 0.1) is 11.3 Å². The Morgan fingerprint density at radius 3 is 3.05 bits per heavy atom. The number of ketones is 1. The van der Waals surface area contributed by atoms with Gasteiger partial charge in [-0.3, -0.25) is 9.59 Å². The minimum atomic E-state index is -0.276. The van der Waals surface area contributed by atoms with Gasteiger partial charge in [0.1, 0.15) is 5.75 Å².